The van der Waals surface area contributed by atoms with Crippen LogP contribution in [0.2, 0.25) is 0 Å². The van der Waals surface area contributed by atoms with Crippen LogP contribution in [-0.2, 0) is 65.4 Å². The summed E-state index contributed by atoms with van der Waals surface area (Å²) in [7, 11) is -9.92. The van der Waals surface area contributed by atoms with Gasteiger partial charge in [-0.1, -0.05) is 370 Å². The average molecular weight is 1480 g/mol. The fourth-order valence-corrected chi connectivity index (χ4v) is 14.2. The number of phosphoric ester groups is 2. The molecule has 0 fully saturated rings. The van der Waals surface area contributed by atoms with Crippen molar-refractivity contribution >= 4 is 39.5 Å². The zero-order valence-corrected chi connectivity index (χ0v) is 68.3. The van der Waals surface area contributed by atoms with E-state index >= 15 is 0 Å². The Hall–Kier alpha value is -1.94. The summed E-state index contributed by atoms with van der Waals surface area (Å²) in [5.74, 6) is 1.01. The molecule has 19 heteroatoms. The Morgan fingerprint density at radius 1 is 0.277 bits per heavy atom. The van der Waals surface area contributed by atoms with E-state index in [1.54, 1.807) is 0 Å². The summed E-state index contributed by atoms with van der Waals surface area (Å²) in [4.78, 5) is 73.0. The first-order valence-corrected chi connectivity index (χ1v) is 45.2. The Morgan fingerprint density at radius 2 is 0.475 bits per heavy atom. The Bertz CT molecular complexity index is 1970. The predicted molar refractivity (Wildman–Crippen MR) is 414 cm³/mol. The molecule has 3 N–H and O–H groups in total. The summed E-state index contributed by atoms with van der Waals surface area (Å²) in [6, 6.07) is 0. The molecule has 0 radical (unpaired) electrons. The third-order valence-electron chi connectivity index (χ3n) is 19.4. The molecule has 600 valence electrons. The van der Waals surface area contributed by atoms with E-state index in [0.29, 0.717) is 31.6 Å². The van der Waals surface area contributed by atoms with Crippen LogP contribution in [0.5, 0.6) is 0 Å². The van der Waals surface area contributed by atoms with Gasteiger partial charge in [-0.05, 0) is 49.4 Å². The number of esters is 4. The summed E-state index contributed by atoms with van der Waals surface area (Å²) in [5.41, 5.74) is 0. The van der Waals surface area contributed by atoms with Crippen molar-refractivity contribution in [3.8, 4) is 0 Å². The van der Waals surface area contributed by atoms with Crippen LogP contribution in [0, 0.1) is 23.7 Å². The van der Waals surface area contributed by atoms with Crippen LogP contribution in [0.1, 0.15) is 421 Å². The molecule has 0 saturated heterocycles. The van der Waals surface area contributed by atoms with Crippen LogP contribution in [0.4, 0.5) is 0 Å². The second kappa shape index (κ2) is 71.0. The normalized spacial score (nSPS) is 14.3. The molecule has 0 aromatic heterocycles. The number of aliphatic hydroxyl groups excluding tert-OH is 1. The largest absolute Gasteiger partial charge is 0.472 e. The first-order valence-electron chi connectivity index (χ1n) is 42.2. The second-order valence-corrected chi connectivity index (χ2v) is 34.1. The van der Waals surface area contributed by atoms with E-state index in [1.165, 1.54) is 218 Å². The van der Waals surface area contributed by atoms with E-state index in [-0.39, 0.29) is 25.7 Å². The van der Waals surface area contributed by atoms with Crippen LogP contribution < -0.4 is 0 Å². The van der Waals surface area contributed by atoms with E-state index in [0.717, 1.165) is 114 Å². The molecule has 0 aromatic rings. The molecule has 0 amide bonds. The number of hydrogen-bond acceptors (Lipinski definition) is 15. The fourth-order valence-electron chi connectivity index (χ4n) is 12.6. The number of carbonyl (C=O) groups is 4. The topological polar surface area (TPSA) is 237 Å². The number of phosphoric acid groups is 2. The van der Waals surface area contributed by atoms with E-state index < -0.39 is 97.5 Å². The van der Waals surface area contributed by atoms with Crippen LogP contribution >= 0.6 is 15.6 Å². The molecule has 0 aliphatic heterocycles. The minimum Gasteiger partial charge on any atom is -0.462 e. The third-order valence-corrected chi connectivity index (χ3v) is 21.3. The lowest BCUT2D eigenvalue weighted by atomic mass is 9.99. The van der Waals surface area contributed by atoms with Gasteiger partial charge in [0.15, 0.2) is 12.2 Å². The molecule has 0 aromatic carbocycles. The van der Waals surface area contributed by atoms with Crippen molar-refractivity contribution in [2.75, 3.05) is 39.6 Å². The van der Waals surface area contributed by atoms with Gasteiger partial charge in [0.2, 0.25) is 0 Å². The third kappa shape index (κ3) is 74.7. The molecule has 0 bridgehead atoms. The number of rotatable bonds is 79. The summed E-state index contributed by atoms with van der Waals surface area (Å²) in [5, 5.41) is 10.6. The van der Waals surface area contributed by atoms with Crippen molar-refractivity contribution < 1.29 is 80.2 Å². The summed E-state index contributed by atoms with van der Waals surface area (Å²) < 4.78 is 68.7. The first kappa shape index (κ1) is 99.1. The Labute approximate surface area is 619 Å². The summed E-state index contributed by atoms with van der Waals surface area (Å²) >= 11 is 0. The number of unbranched alkanes of at least 4 members (excludes halogenated alkanes) is 44. The van der Waals surface area contributed by atoms with E-state index in [4.69, 9.17) is 37.0 Å². The second-order valence-electron chi connectivity index (χ2n) is 31.2. The van der Waals surface area contributed by atoms with Crippen molar-refractivity contribution in [3.05, 3.63) is 0 Å². The number of carbonyl (C=O) groups excluding carboxylic acids is 4. The summed E-state index contributed by atoms with van der Waals surface area (Å²) in [6.45, 7) is 14.3. The van der Waals surface area contributed by atoms with E-state index in [2.05, 4.69) is 55.4 Å². The molecule has 0 heterocycles. The van der Waals surface area contributed by atoms with Crippen molar-refractivity contribution in [2.24, 2.45) is 23.7 Å². The maximum atomic E-state index is 13.1. The zero-order chi connectivity index (χ0) is 74.6. The predicted octanol–water partition coefficient (Wildman–Crippen LogP) is 24.4. The Balaban J connectivity index is 5.22. The highest BCUT2D eigenvalue weighted by atomic mass is 31.2. The van der Waals surface area contributed by atoms with Crippen molar-refractivity contribution in [2.45, 2.75) is 440 Å². The molecule has 4 unspecified atom stereocenters. The van der Waals surface area contributed by atoms with Crippen molar-refractivity contribution in [1.29, 1.82) is 0 Å². The highest BCUT2D eigenvalue weighted by Crippen LogP contribution is 2.45. The molecular formula is C82H160O17P2. The van der Waals surface area contributed by atoms with E-state index in [1.807, 2.05) is 0 Å². The number of aliphatic hydroxyl groups is 1. The van der Waals surface area contributed by atoms with Gasteiger partial charge in [0.05, 0.1) is 26.4 Å². The molecular weight excluding hydrogens is 1320 g/mol. The maximum absolute atomic E-state index is 13.1. The minimum absolute atomic E-state index is 0.105. The fraction of sp³-hybridized carbons (Fsp3) is 0.951. The molecule has 0 aliphatic rings. The van der Waals surface area contributed by atoms with Gasteiger partial charge in [-0.25, -0.2) is 9.13 Å². The monoisotopic (exact) mass is 1480 g/mol. The minimum atomic E-state index is -4.96. The highest BCUT2D eigenvalue weighted by Gasteiger charge is 2.30. The van der Waals surface area contributed by atoms with Gasteiger partial charge >= 0.3 is 39.5 Å². The van der Waals surface area contributed by atoms with E-state index in [9.17, 15) is 43.2 Å². The highest BCUT2D eigenvalue weighted by molar-refractivity contribution is 7.47. The smallest absolute Gasteiger partial charge is 0.462 e. The molecule has 0 spiro atoms. The van der Waals surface area contributed by atoms with Crippen molar-refractivity contribution in [1.82, 2.24) is 0 Å². The van der Waals surface area contributed by atoms with Gasteiger partial charge in [0.25, 0.3) is 0 Å². The molecule has 17 nitrogen and oxygen atoms in total. The standard InChI is InChI=1S/C82H160O17P2/c1-9-75(8)61-53-45-37-29-23-16-14-12-10-11-13-15-17-25-31-39-48-56-64-81(86)98-77(68-92-79(84)62-54-46-38-30-24-19-18-21-27-34-42-50-58-72(2)3)70-96-100(88,89)94-66-76(83)67-95-101(90,91)97-71-78(69-93-80(85)63-55-47-41-33-36-44-52-60-74(6)7)99-82(87)65-57-49-40-32-26-20-22-28-35-43-51-59-73(4)5/h72-78,83H,9-71H2,1-8H3,(H,88,89)(H,90,91)/t75?,76?,77-,78-/m1/s1. The lowest BCUT2D eigenvalue weighted by molar-refractivity contribution is -0.161. The Morgan fingerprint density at radius 3 is 0.703 bits per heavy atom. The quantitative estimate of drug-likeness (QED) is 0.0222. The SMILES string of the molecule is CCC(C)CCCCCCCCCCCCCCCCCCCCC(=O)O[C@H](COC(=O)CCCCCCCCCCCCCCC(C)C)COP(=O)(O)OCC(O)COP(=O)(O)OC[C@@H](COC(=O)CCCCCCCCCC(C)C)OC(=O)CCCCCCCCCCCCCC(C)C. The van der Waals surface area contributed by atoms with Gasteiger partial charge in [-0.15, -0.1) is 0 Å². The molecule has 0 aliphatic carbocycles. The van der Waals surface area contributed by atoms with Gasteiger partial charge in [-0.2, -0.15) is 0 Å². The molecule has 0 saturated carbocycles. The van der Waals surface area contributed by atoms with Gasteiger partial charge < -0.3 is 33.8 Å². The summed E-state index contributed by atoms with van der Waals surface area (Å²) in [6.07, 6.45) is 58.4. The molecule has 6 atom stereocenters. The van der Waals surface area contributed by atoms with Crippen LogP contribution in [0.3, 0.4) is 0 Å². The van der Waals surface area contributed by atoms with Crippen molar-refractivity contribution in [3.63, 3.8) is 0 Å². The lowest BCUT2D eigenvalue weighted by Gasteiger charge is -2.21. The number of ether oxygens (including phenoxy) is 4. The molecule has 101 heavy (non-hydrogen) atoms. The first-order chi connectivity index (χ1) is 48.6. The number of hydrogen-bond donors (Lipinski definition) is 3. The Kier molecular flexibility index (Phi) is 69.6. The van der Waals surface area contributed by atoms with Gasteiger partial charge in [0, 0.05) is 25.7 Å². The van der Waals surface area contributed by atoms with Gasteiger partial charge in [-0.3, -0.25) is 37.3 Å². The molecule has 0 rings (SSSR count). The van der Waals surface area contributed by atoms with Crippen LogP contribution in [0.15, 0.2) is 0 Å². The van der Waals surface area contributed by atoms with Crippen LogP contribution in [0.25, 0.3) is 0 Å². The average Bonchev–Trinajstić information content (AvgIpc) is 0.920. The van der Waals surface area contributed by atoms with Crippen LogP contribution in [-0.4, -0.2) is 96.7 Å². The van der Waals surface area contributed by atoms with Gasteiger partial charge in [0.1, 0.15) is 19.3 Å². The zero-order valence-electron chi connectivity index (χ0n) is 66.5. The lowest BCUT2D eigenvalue weighted by Crippen LogP contribution is -2.30. The maximum Gasteiger partial charge on any atom is 0.472 e.